The number of rotatable bonds is 6. The second-order valence-corrected chi connectivity index (χ2v) is 7.48. The number of hydrogen-bond acceptors (Lipinski definition) is 9. The van der Waals surface area contributed by atoms with Crippen LogP contribution >= 0.6 is 34.8 Å². The van der Waals surface area contributed by atoms with E-state index in [0.717, 1.165) is 9.13 Å². The number of aliphatic hydroxyl groups is 2. The van der Waals surface area contributed by atoms with Crippen LogP contribution in [0.15, 0.2) is 6.07 Å². The van der Waals surface area contributed by atoms with E-state index >= 15 is 0 Å². The van der Waals surface area contributed by atoms with Gasteiger partial charge in [-0.15, -0.1) is 0 Å². The standard InChI is InChI=1S/C17H23IO8S/c1-7-9(18)6-10(21-3)14(22-4)11(7)17(27)26-25-16-13(20)15(23-5)12(19)8(2)24-16/h6,8,12-13,15-16,19-20H,1-5H3/t8-,12-,13+,15+,16-/m0/s1. The Morgan fingerprint density at radius 2 is 1.85 bits per heavy atom. The van der Waals surface area contributed by atoms with Gasteiger partial charge in [0, 0.05) is 10.7 Å². The molecule has 1 heterocycles. The van der Waals surface area contributed by atoms with E-state index in [1.54, 1.807) is 6.92 Å². The molecular weight excluding hydrogens is 491 g/mol. The summed E-state index contributed by atoms with van der Waals surface area (Å²) < 4.78 is 22.2. The normalized spacial score (nSPS) is 27.9. The highest BCUT2D eigenvalue weighted by molar-refractivity contribution is 14.1. The summed E-state index contributed by atoms with van der Waals surface area (Å²) in [6.07, 6.45) is -4.97. The molecule has 1 saturated heterocycles. The zero-order chi connectivity index (χ0) is 20.3. The summed E-state index contributed by atoms with van der Waals surface area (Å²) >= 11 is 7.49. The van der Waals surface area contributed by atoms with E-state index < -0.39 is 30.7 Å². The molecule has 0 spiro atoms. The molecule has 1 aliphatic heterocycles. The maximum Gasteiger partial charge on any atom is 0.240 e. The average molecular weight is 514 g/mol. The van der Waals surface area contributed by atoms with Crippen LogP contribution in [0.5, 0.6) is 11.5 Å². The molecule has 2 N–H and O–H groups in total. The lowest BCUT2D eigenvalue weighted by Gasteiger charge is -2.39. The van der Waals surface area contributed by atoms with Gasteiger partial charge in [-0.1, -0.05) is 0 Å². The number of hydrogen-bond donors (Lipinski definition) is 2. The summed E-state index contributed by atoms with van der Waals surface area (Å²) in [5.74, 6) is 0.909. The first-order valence-corrected chi connectivity index (χ1v) is 9.58. The lowest BCUT2D eigenvalue weighted by molar-refractivity contribution is -0.390. The van der Waals surface area contributed by atoms with E-state index in [1.807, 2.05) is 13.0 Å². The van der Waals surface area contributed by atoms with Crippen molar-refractivity contribution in [2.45, 2.75) is 44.6 Å². The van der Waals surface area contributed by atoms with Gasteiger partial charge in [0.15, 0.2) is 11.5 Å². The van der Waals surface area contributed by atoms with Crippen LogP contribution in [0.4, 0.5) is 0 Å². The fraction of sp³-hybridized carbons (Fsp3) is 0.588. The molecular formula is C17H23IO8S. The van der Waals surface area contributed by atoms with Crippen LogP contribution < -0.4 is 9.47 Å². The Hall–Kier alpha value is -0.760. The van der Waals surface area contributed by atoms with Crippen LogP contribution in [0.3, 0.4) is 0 Å². The molecule has 0 aromatic heterocycles. The van der Waals surface area contributed by atoms with E-state index in [2.05, 4.69) is 22.6 Å². The second-order valence-electron chi connectivity index (χ2n) is 5.95. The third kappa shape index (κ3) is 4.63. The minimum atomic E-state index is -1.27. The summed E-state index contributed by atoms with van der Waals surface area (Å²) in [6, 6.07) is 1.82. The monoisotopic (exact) mass is 514 g/mol. The van der Waals surface area contributed by atoms with Crippen LogP contribution in [0.25, 0.3) is 0 Å². The van der Waals surface area contributed by atoms with Crippen molar-refractivity contribution in [3.63, 3.8) is 0 Å². The van der Waals surface area contributed by atoms with E-state index in [-0.39, 0.29) is 5.05 Å². The quantitative estimate of drug-likeness (QED) is 0.255. The number of benzene rings is 1. The summed E-state index contributed by atoms with van der Waals surface area (Å²) in [6.45, 7) is 3.49. The van der Waals surface area contributed by atoms with Gasteiger partial charge in [-0.05, 0) is 60.3 Å². The van der Waals surface area contributed by atoms with Crippen molar-refractivity contribution >= 4 is 39.9 Å². The van der Waals surface area contributed by atoms with Crippen molar-refractivity contribution in [3.8, 4) is 11.5 Å². The Labute approximate surface area is 176 Å². The number of methoxy groups -OCH3 is 3. The molecule has 5 atom stereocenters. The van der Waals surface area contributed by atoms with E-state index in [1.165, 1.54) is 21.3 Å². The Balaban J connectivity index is 2.20. The van der Waals surface area contributed by atoms with E-state index in [4.69, 9.17) is 40.9 Å². The molecule has 10 heteroatoms. The Bertz CT molecular complexity index is 685. The third-order valence-electron chi connectivity index (χ3n) is 4.34. The minimum Gasteiger partial charge on any atom is -0.493 e. The summed E-state index contributed by atoms with van der Waals surface area (Å²) in [4.78, 5) is 10.5. The average Bonchev–Trinajstić information content (AvgIpc) is 2.65. The van der Waals surface area contributed by atoms with Crippen LogP contribution in [0, 0.1) is 10.5 Å². The fourth-order valence-corrected chi connectivity index (χ4v) is 3.63. The van der Waals surface area contributed by atoms with Crippen molar-refractivity contribution in [2.24, 2.45) is 0 Å². The first-order valence-electron chi connectivity index (χ1n) is 8.09. The summed E-state index contributed by atoms with van der Waals surface area (Å²) in [7, 11) is 4.40. The number of aliphatic hydroxyl groups excluding tert-OH is 2. The van der Waals surface area contributed by atoms with Gasteiger partial charge < -0.3 is 34.0 Å². The number of halogens is 1. The molecule has 8 nitrogen and oxygen atoms in total. The van der Waals surface area contributed by atoms with Crippen LogP contribution in [0.2, 0.25) is 0 Å². The third-order valence-corrected chi connectivity index (χ3v) is 5.74. The number of ether oxygens (including phenoxy) is 4. The summed E-state index contributed by atoms with van der Waals surface area (Å²) in [5.41, 5.74) is 1.32. The molecule has 0 saturated carbocycles. The van der Waals surface area contributed by atoms with Crippen molar-refractivity contribution in [3.05, 3.63) is 20.8 Å². The molecule has 1 aliphatic rings. The molecule has 0 aliphatic carbocycles. The van der Waals surface area contributed by atoms with Crippen LogP contribution in [-0.4, -0.2) is 67.3 Å². The van der Waals surface area contributed by atoms with Gasteiger partial charge in [0.1, 0.15) is 18.3 Å². The molecule has 0 amide bonds. The predicted octanol–water partition coefficient (Wildman–Crippen LogP) is 1.72. The molecule has 27 heavy (non-hydrogen) atoms. The molecule has 1 aromatic rings. The maximum atomic E-state index is 10.3. The highest BCUT2D eigenvalue weighted by Crippen LogP contribution is 2.37. The highest BCUT2D eigenvalue weighted by atomic mass is 127. The van der Waals surface area contributed by atoms with Crippen LogP contribution in [-0.2, 0) is 19.2 Å². The topological polar surface area (TPSA) is 95.8 Å². The molecule has 2 rings (SSSR count). The molecule has 1 fully saturated rings. The van der Waals surface area contributed by atoms with Gasteiger partial charge in [0.05, 0.1) is 25.9 Å². The van der Waals surface area contributed by atoms with Gasteiger partial charge in [0.25, 0.3) is 0 Å². The SMILES string of the molecule is COc1cc(I)c(C)c(C(=S)OO[C@@H]2O[C@@H](C)[C@H](O)[C@@H](OC)[C@H]2O)c1OC. The van der Waals surface area contributed by atoms with Gasteiger partial charge in [-0.25, -0.2) is 0 Å². The molecule has 0 unspecified atom stereocenters. The molecule has 152 valence electrons. The smallest absolute Gasteiger partial charge is 0.240 e. The maximum absolute atomic E-state index is 10.3. The molecule has 1 aromatic carbocycles. The predicted molar refractivity (Wildman–Crippen MR) is 108 cm³/mol. The Kier molecular flexibility index (Phi) is 8.04. The number of thiocarbonyl (C=S) groups is 1. The van der Waals surface area contributed by atoms with Crippen molar-refractivity contribution < 1.29 is 38.9 Å². The van der Waals surface area contributed by atoms with Gasteiger partial charge in [-0.2, -0.15) is 4.89 Å². The fourth-order valence-electron chi connectivity index (χ4n) is 2.79. The zero-order valence-corrected chi connectivity index (χ0v) is 18.6. The Morgan fingerprint density at radius 3 is 2.41 bits per heavy atom. The van der Waals surface area contributed by atoms with Gasteiger partial charge >= 0.3 is 0 Å². The van der Waals surface area contributed by atoms with Gasteiger partial charge in [0.2, 0.25) is 11.3 Å². The van der Waals surface area contributed by atoms with Crippen LogP contribution in [0.1, 0.15) is 18.1 Å². The molecule has 0 bridgehead atoms. The van der Waals surface area contributed by atoms with Gasteiger partial charge in [-0.3, -0.25) is 0 Å². The van der Waals surface area contributed by atoms with Crippen molar-refractivity contribution in [2.75, 3.05) is 21.3 Å². The molecule has 0 radical (unpaired) electrons. The minimum absolute atomic E-state index is 0.00953. The largest absolute Gasteiger partial charge is 0.493 e. The van der Waals surface area contributed by atoms with Crippen molar-refractivity contribution in [1.82, 2.24) is 0 Å². The lowest BCUT2D eigenvalue weighted by atomic mass is 10.00. The van der Waals surface area contributed by atoms with E-state index in [0.29, 0.717) is 17.1 Å². The summed E-state index contributed by atoms with van der Waals surface area (Å²) in [5, 5.41) is 20.3. The zero-order valence-electron chi connectivity index (χ0n) is 15.6. The van der Waals surface area contributed by atoms with Crippen molar-refractivity contribution in [1.29, 1.82) is 0 Å². The lowest BCUT2D eigenvalue weighted by Crippen LogP contribution is -2.58. The highest BCUT2D eigenvalue weighted by Gasteiger charge is 2.44. The first-order chi connectivity index (χ1) is 12.8. The second kappa shape index (κ2) is 9.63. The van der Waals surface area contributed by atoms with E-state index in [9.17, 15) is 10.2 Å². The Morgan fingerprint density at radius 1 is 1.19 bits per heavy atom. The first kappa shape index (κ1) is 22.5.